The van der Waals surface area contributed by atoms with Gasteiger partial charge in [0.25, 0.3) is 0 Å². The van der Waals surface area contributed by atoms with Crippen LogP contribution in [0.5, 0.6) is 0 Å². The summed E-state index contributed by atoms with van der Waals surface area (Å²) < 4.78 is 1.96. The molecule has 0 unspecified atom stereocenters. The molecule has 3 nitrogen and oxygen atoms in total. The minimum absolute atomic E-state index is 0.0683. The Morgan fingerprint density at radius 3 is 2.75 bits per heavy atom. The van der Waals surface area contributed by atoms with Gasteiger partial charge in [-0.3, -0.25) is 0 Å². The first-order chi connectivity index (χ1) is 3.84. The molecule has 0 fully saturated rings. The molecule has 1 aromatic heterocycles. The Labute approximate surface area is 58.7 Å². The molecule has 0 bridgehead atoms. The molecule has 1 aromatic rings. The summed E-state index contributed by atoms with van der Waals surface area (Å²) in [7, 11) is 0. The van der Waals surface area contributed by atoms with E-state index < -0.39 is 0 Å². The van der Waals surface area contributed by atoms with E-state index in [0.717, 1.165) is 0 Å². The molecule has 0 aliphatic rings. The van der Waals surface area contributed by atoms with Crippen molar-refractivity contribution in [3.05, 3.63) is 11.9 Å². The Bertz CT molecular complexity index is 172. The van der Waals surface area contributed by atoms with Crippen molar-refractivity contribution in [3.63, 3.8) is 0 Å². The molecular formula is C4H7IN3-. The van der Waals surface area contributed by atoms with Gasteiger partial charge in [-0.15, -0.1) is 0 Å². The van der Waals surface area contributed by atoms with Gasteiger partial charge in [0.05, 0.1) is 0 Å². The van der Waals surface area contributed by atoms with Crippen LogP contribution in [0.15, 0.2) is 6.20 Å². The summed E-state index contributed by atoms with van der Waals surface area (Å²) in [5, 5.41) is 7.58. The molecule has 0 spiro atoms. The molecule has 0 aliphatic heterocycles. The number of alkyl halides is 1. The summed E-state index contributed by atoms with van der Waals surface area (Å²) in [6, 6.07) is 0. The van der Waals surface area contributed by atoms with E-state index in [9.17, 15) is 0 Å². The van der Waals surface area contributed by atoms with Crippen LogP contribution in [0.4, 0.5) is 0 Å². The first-order valence-corrected chi connectivity index (χ1v) is 5.34. The molecule has 46 valence electrons. The van der Waals surface area contributed by atoms with Crippen LogP contribution in [-0.4, -0.2) is 18.1 Å². The van der Waals surface area contributed by atoms with Crippen molar-refractivity contribution in [2.45, 2.75) is 6.92 Å². The maximum atomic E-state index is 3.85. The van der Waals surface area contributed by atoms with Crippen LogP contribution in [0.3, 0.4) is 0 Å². The third-order valence-corrected chi connectivity index (χ3v) is 2.69. The summed E-state index contributed by atoms with van der Waals surface area (Å²) in [6.45, 7) is 2.02. The van der Waals surface area contributed by atoms with Crippen LogP contribution in [0, 0.1) is 6.92 Å². The van der Waals surface area contributed by atoms with Crippen LogP contribution < -0.4 is 21.5 Å². The maximum absolute atomic E-state index is 3.85. The molecule has 1 heterocycles. The summed E-state index contributed by atoms with van der Waals surface area (Å²) in [4.78, 5) is 2.15. The van der Waals surface area contributed by atoms with Gasteiger partial charge >= 0.3 is 58.4 Å². The molecule has 0 aliphatic carbocycles. The fraction of sp³-hybridized carbons (Fsp3) is 0.500. The Morgan fingerprint density at radius 2 is 2.50 bits per heavy atom. The number of aromatic nitrogens is 3. The van der Waals surface area contributed by atoms with Crippen LogP contribution in [0.1, 0.15) is 5.69 Å². The second-order valence-electron chi connectivity index (χ2n) is 1.40. The van der Waals surface area contributed by atoms with Crippen molar-refractivity contribution in [1.82, 2.24) is 13.2 Å². The van der Waals surface area contributed by atoms with Gasteiger partial charge in [-0.1, -0.05) is 0 Å². The number of nitrogens with zero attached hydrogens (tertiary/aromatic N) is 3. The van der Waals surface area contributed by atoms with Crippen molar-refractivity contribution in [3.8, 4) is 0 Å². The molecule has 4 heteroatoms. The van der Waals surface area contributed by atoms with Crippen LogP contribution in [0.2, 0.25) is 0 Å². The van der Waals surface area contributed by atoms with Gasteiger partial charge in [-0.05, 0) is 0 Å². The SMILES string of the molecule is C[I-]n1nncc1C. The van der Waals surface area contributed by atoms with Crippen molar-refractivity contribution in [1.29, 1.82) is 0 Å². The third-order valence-electron chi connectivity index (χ3n) is 0.826. The normalized spacial score (nSPS) is 10.2. The van der Waals surface area contributed by atoms with E-state index in [4.69, 9.17) is 0 Å². The molecule has 0 atom stereocenters. The van der Waals surface area contributed by atoms with E-state index in [2.05, 4.69) is 15.2 Å². The summed E-state index contributed by atoms with van der Waals surface area (Å²) in [5.74, 6) is 0. The number of rotatable bonds is 1. The summed E-state index contributed by atoms with van der Waals surface area (Å²) in [5.41, 5.74) is 1.17. The Balaban J connectivity index is 2.92. The summed E-state index contributed by atoms with van der Waals surface area (Å²) >= 11 is 0.0683. The Morgan fingerprint density at radius 1 is 1.75 bits per heavy atom. The molecule has 0 saturated heterocycles. The molecule has 0 radical (unpaired) electrons. The molecule has 8 heavy (non-hydrogen) atoms. The van der Waals surface area contributed by atoms with Gasteiger partial charge in [0.15, 0.2) is 0 Å². The van der Waals surface area contributed by atoms with E-state index >= 15 is 0 Å². The fourth-order valence-corrected chi connectivity index (χ4v) is 1.63. The zero-order valence-electron chi connectivity index (χ0n) is 4.80. The standard InChI is InChI=1S/C4H7IN3/c1-4-3-6-7-8(4)5-2/h3H,1-2H3/q-1. The first-order valence-electron chi connectivity index (χ1n) is 2.22. The summed E-state index contributed by atoms with van der Waals surface area (Å²) in [6.07, 6.45) is 1.78. The van der Waals surface area contributed by atoms with Crippen molar-refractivity contribution in [2.24, 2.45) is 0 Å². The fourth-order valence-electron chi connectivity index (χ4n) is 0.440. The molecular weight excluding hydrogens is 217 g/mol. The second-order valence-corrected chi connectivity index (χ2v) is 3.28. The molecule has 0 aromatic carbocycles. The molecule has 0 N–H and O–H groups in total. The van der Waals surface area contributed by atoms with E-state index in [1.54, 1.807) is 6.20 Å². The van der Waals surface area contributed by atoms with Crippen LogP contribution >= 0.6 is 0 Å². The van der Waals surface area contributed by atoms with Crippen LogP contribution in [-0.2, 0) is 0 Å². The van der Waals surface area contributed by atoms with Gasteiger partial charge in [-0.2, -0.15) is 0 Å². The number of halogens is 1. The first kappa shape index (κ1) is 6.00. The number of hydrogen-bond donors (Lipinski definition) is 0. The van der Waals surface area contributed by atoms with Gasteiger partial charge in [0.1, 0.15) is 0 Å². The topological polar surface area (TPSA) is 30.7 Å². The number of aryl methyl sites for hydroxylation is 1. The quantitative estimate of drug-likeness (QED) is 0.377. The minimum atomic E-state index is 0.0683. The molecule has 0 amide bonds. The monoisotopic (exact) mass is 224 g/mol. The Kier molecular flexibility index (Phi) is 1.82. The van der Waals surface area contributed by atoms with Crippen molar-refractivity contribution < 1.29 is 21.5 Å². The second kappa shape index (κ2) is 2.43. The Hall–Kier alpha value is -0.130. The average molecular weight is 224 g/mol. The van der Waals surface area contributed by atoms with Gasteiger partial charge in [-0.25, -0.2) is 0 Å². The van der Waals surface area contributed by atoms with Gasteiger partial charge in [0, 0.05) is 0 Å². The van der Waals surface area contributed by atoms with Crippen LogP contribution in [0.25, 0.3) is 0 Å². The van der Waals surface area contributed by atoms with E-state index in [-0.39, 0.29) is 21.5 Å². The number of hydrogen-bond acceptors (Lipinski definition) is 2. The van der Waals surface area contributed by atoms with E-state index in [1.807, 2.05) is 9.82 Å². The average Bonchev–Trinajstić information content (AvgIpc) is 2.14. The third kappa shape index (κ3) is 0.988. The molecule has 0 saturated carbocycles. The van der Waals surface area contributed by atoms with Gasteiger partial charge < -0.3 is 0 Å². The predicted octanol–water partition coefficient (Wildman–Crippen LogP) is -2.93. The van der Waals surface area contributed by atoms with Crippen molar-refractivity contribution >= 4 is 0 Å². The van der Waals surface area contributed by atoms with Crippen molar-refractivity contribution in [2.75, 3.05) is 4.93 Å². The molecule has 1 rings (SSSR count). The van der Waals surface area contributed by atoms with E-state index in [1.165, 1.54) is 5.69 Å². The zero-order chi connectivity index (χ0) is 5.98. The van der Waals surface area contributed by atoms with E-state index in [0.29, 0.717) is 0 Å². The zero-order valence-corrected chi connectivity index (χ0v) is 6.95. The predicted molar refractivity (Wildman–Crippen MR) is 26.1 cm³/mol. The van der Waals surface area contributed by atoms with Gasteiger partial charge in [0.2, 0.25) is 0 Å².